The molecule has 15 heteroatoms. The minimum atomic E-state index is -1.19. The van der Waals surface area contributed by atoms with Crippen LogP contribution in [-0.4, -0.2) is 65.6 Å². The Kier molecular flexibility index (Phi) is 7.11. The van der Waals surface area contributed by atoms with Crippen molar-refractivity contribution in [3.63, 3.8) is 0 Å². The Bertz CT molecular complexity index is 1430. The van der Waals surface area contributed by atoms with E-state index in [9.17, 15) is 19.5 Å². The molecule has 5 heterocycles. The summed E-state index contributed by atoms with van der Waals surface area (Å²) in [6.07, 6.45) is 6.76. The van der Waals surface area contributed by atoms with Crippen LogP contribution in [0.2, 0.25) is 0 Å². The Morgan fingerprint density at radius 2 is 2.18 bits per heavy atom. The number of nitrogen functional groups attached to an aromatic ring is 1. The van der Waals surface area contributed by atoms with E-state index in [0.717, 1.165) is 16.9 Å². The van der Waals surface area contributed by atoms with Crippen molar-refractivity contribution < 1.29 is 28.9 Å². The number of anilines is 1. The number of amides is 2. The first-order valence-electron chi connectivity index (χ1n) is 11.4. The average molecular weight is 556 g/mol. The van der Waals surface area contributed by atoms with E-state index in [2.05, 4.69) is 25.4 Å². The Morgan fingerprint density at radius 1 is 1.39 bits per heavy atom. The number of carbonyl (C=O) groups excluding carboxylic acids is 2. The number of nitrogens with one attached hydrogen (secondary N) is 2. The summed E-state index contributed by atoms with van der Waals surface area (Å²) in [6, 6.07) is 2.91. The molecule has 1 saturated heterocycles. The molecule has 3 aromatic rings. The van der Waals surface area contributed by atoms with Gasteiger partial charge in [0.05, 0.1) is 18.2 Å². The third-order valence-corrected chi connectivity index (χ3v) is 7.89. The number of rotatable bonds is 9. The second kappa shape index (κ2) is 10.6. The summed E-state index contributed by atoms with van der Waals surface area (Å²) in [5.74, 6) is -2.01. The molecule has 5 rings (SSSR count). The normalized spacial score (nSPS) is 19.1. The number of carboxylic acids is 1. The fraction of sp³-hybridized carbons (Fsp3) is 0.261. The number of nitrogens with zero attached hydrogens (tertiary/aromatic N) is 5. The highest BCUT2D eigenvalue weighted by atomic mass is 32.2. The Balaban J connectivity index is 1.32. The molecule has 0 aromatic carbocycles. The van der Waals surface area contributed by atoms with Gasteiger partial charge in [0.2, 0.25) is 0 Å². The maximum atomic E-state index is 13.2. The van der Waals surface area contributed by atoms with Crippen molar-refractivity contribution in [2.75, 3.05) is 11.5 Å². The lowest BCUT2D eigenvalue weighted by Crippen LogP contribution is -2.71. The van der Waals surface area contributed by atoms with Crippen LogP contribution in [0.1, 0.15) is 17.0 Å². The molecule has 0 saturated carbocycles. The highest BCUT2D eigenvalue weighted by Gasteiger charge is 2.54. The number of aromatic amines is 1. The van der Waals surface area contributed by atoms with Gasteiger partial charge in [0.15, 0.2) is 36.4 Å². The molecule has 196 valence electrons. The molecule has 2 aliphatic rings. The van der Waals surface area contributed by atoms with Crippen LogP contribution in [0.4, 0.5) is 5.13 Å². The monoisotopic (exact) mass is 555 g/mol. The summed E-state index contributed by atoms with van der Waals surface area (Å²) >= 11 is 2.51. The number of aryl methyl sites for hydroxylation is 1. The number of aliphatic carboxylic acids is 1. The number of fused-ring (bicyclic) bond motifs is 1. The van der Waals surface area contributed by atoms with E-state index in [1.807, 2.05) is 36.0 Å². The SMILES string of the molecule is Cc1cc[n+](CC2=C(C(=O)O)N3C(=O)[C@@H](NC(=O)C(=NOCc4cnc[nH]4)c4csc(N)n4)[C@@H]3SC2)cc1. The average Bonchev–Trinajstić information content (AvgIpc) is 3.57. The van der Waals surface area contributed by atoms with Gasteiger partial charge in [-0.2, -0.15) is 0 Å². The van der Waals surface area contributed by atoms with Gasteiger partial charge in [-0.05, 0) is 12.5 Å². The molecule has 0 aliphatic carbocycles. The first-order chi connectivity index (χ1) is 18.3. The van der Waals surface area contributed by atoms with Crippen molar-refractivity contribution in [1.82, 2.24) is 25.2 Å². The number of aromatic nitrogens is 4. The number of thiazole rings is 1. The lowest BCUT2D eigenvalue weighted by atomic mass is 10.0. The van der Waals surface area contributed by atoms with E-state index in [0.29, 0.717) is 23.6 Å². The predicted octanol–water partition coefficient (Wildman–Crippen LogP) is 0.404. The molecule has 13 nitrogen and oxygen atoms in total. The van der Waals surface area contributed by atoms with Gasteiger partial charge in [0, 0.05) is 28.8 Å². The quantitative estimate of drug-likeness (QED) is 0.126. The lowest BCUT2D eigenvalue weighted by Gasteiger charge is -2.49. The second-order valence-corrected chi connectivity index (χ2v) is 10.5. The molecule has 5 N–H and O–H groups in total. The summed E-state index contributed by atoms with van der Waals surface area (Å²) in [5.41, 5.74) is 8.04. The number of carbonyl (C=O) groups is 3. The van der Waals surface area contributed by atoms with E-state index < -0.39 is 29.2 Å². The van der Waals surface area contributed by atoms with Crippen LogP contribution >= 0.6 is 23.1 Å². The van der Waals surface area contributed by atoms with E-state index in [-0.39, 0.29) is 28.8 Å². The molecule has 2 amide bonds. The molecule has 0 unspecified atom stereocenters. The largest absolute Gasteiger partial charge is 0.477 e. The highest BCUT2D eigenvalue weighted by molar-refractivity contribution is 8.00. The van der Waals surface area contributed by atoms with E-state index in [1.165, 1.54) is 23.0 Å². The molecule has 0 radical (unpaired) electrons. The number of carboxylic acid groups (broad SMARTS) is 1. The topological polar surface area (TPSA) is 180 Å². The predicted molar refractivity (Wildman–Crippen MR) is 137 cm³/mol. The zero-order chi connectivity index (χ0) is 26.8. The van der Waals surface area contributed by atoms with Crippen LogP contribution in [-0.2, 0) is 32.4 Å². The molecular formula is C23H23N8O5S2+. The third kappa shape index (κ3) is 5.10. The summed E-state index contributed by atoms with van der Waals surface area (Å²) in [6.45, 7) is 2.32. The summed E-state index contributed by atoms with van der Waals surface area (Å²) in [4.78, 5) is 55.9. The molecule has 0 bridgehead atoms. The third-order valence-electron chi connectivity index (χ3n) is 5.88. The zero-order valence-electron chi connectivity index (χ0n) is 20.0. The number of H-pyrrole nitrogens is 1. The van der Waals surface area contributed by atoms with E-state index in [4.69, 9.17) is 10.6 Å². The molecule has 1 fully saturated rings. The van der Waals surface area contributed by atoms with Crippen molar-refractivity contribution >= 4 is 51.7 Å². The molecule has 0 spiro atoms. The van der Waals surface area contributed by atoms with Crippen molar-refractivity contribution in [3.05, 3.63) is 70.7 Å². The van der Waals surface area contributed by atoms with Gasteiger partial charge in [-0.15, -0.1) is 23.1 Å². The molecule has 2 atom stereocenters. The Morgan fingerprint density at radius 3 is 2.84 bits per heavy atom. The Hall–Kier alpha value is -4.24. The number of β-lactam (4-membered cyclic amide) rings is 1. The smallest absolute Gasteiger partial charge is 0.352 e. The van der Waals surface area contributed by atoms with Crippen LogP contribution in [0.3, 0.4) is 0 Å². The van der Waals surface area contributed by atoms with Gasteiger partial charge in [-0.1, -0.05) is 5.16 Å². The van der Waals surface area contributed by atoms with E-state index >= 15 is 0 Å². The number of hydrogen-bond donors (Lipinski definition) is 4. The fourth-order valence-electron chi connectivity index (χ4n) is 4.00. The molecule has 38 heavy (non-hydrogen) atoms. The van der Waals surface area contributed by atoms with Gasteiger partial charge in [0.25, 0.3) is 11.8 Å². The number of imidazole rings is 1. The van der Waals surface area contributed by atoms with Crippen LogP contribution in [0.15, 0.2) is 58.9 Å². The van der Waals surface area contributed by atoms with Crippen LogP contribution < -0.4 is 15.6 Å². The summed E-state index contributed by atoms with van der Waals surface area (Å²) in [5, 5.41) is 17.8. The summed E-state index contributed by atoms with van der Waals surface area (Å²) in [7, 11) is 0. The maximum Gasteiger partial charge on any atom is 0.352 e. The van der Waals surface area contributed by atoms with Crippen molar-refractivity contribution in [2.24, 2.45) is 5.16 Å². The zero-order valence-corrected chi connectivity index (χ0v) is 21.7. The number of nitrogens with two attached hydrogens (primary N) is 1. The molecular weight excluding hydrogens is 532 g/mol. The Labute approximate surface area is 224 Å². The number of hydrogen-bond acceptors (Lipinski definition) is 10. The van der Waals surface area contributed by atoms with Crippen LogP contribution in [0.25, 0.3) is 0 Å². The van der Waals surface area contributed by atoms with Gasteiger partial charge in [-0.25, -0.2) is 19.3 Å². The van der Waals surface area contributed by atoms with Crippen LogP contribution in [0.5, 0.6) is 0 Å². The van der Waals surface area contributed by atoms with Gasteiger partial charge < -0.3 is 26.0 Å². The van der Waals surface area contributed by atoms with E-state index in [1.54, 1.807) is 11.6 Å². The van der Waals surface area contributed by atoms with Crippen LogP contribution in [0, 0.1) is 6.92 Å². The number of thioether (sulfide) groups is 1. The second-order valence-electron chi connectivity index (χ2n) is 8.53. The standard InChI is InChI=1S/C23H22N8O5S2/c1-12-2-4-30(5-3-12)7-13-9-37-21-17(20(33)31(21)18(13)22(34)35)28-19(32)16(15-10-38-23(24)27-15)29-36-8-14-6-25-11-26-14/h2-6,10-11,17,21H,7-9H2,1H3,(H4-,24,25,26,27,28,32,34,35)/p+1/t17-,21+/m1/s1. The van der Waals surface area contributed by atoms with Crippen molar-refractivity contribution in [2.45, 2.75) is 31.5 Å². The highest BCUT2D eigenvalue weighted by Crippen LogP contribution is 2.40. The minimum absolute atomic E-state index is 0.0273. The molecule has 3 aromatic heterocycles. The fourth-order valence-corrected chi connectivity index (χ4v) is 5.89. The number of oxime groups is 1. The number of pyridine rings is 1. The van der Waals surface area contributed by atoms with Crippen molar-refractivity contribution in [1.29, 1.82) is 0 Å². The molecule has 2 aliphatic heterocycles. The van der Waals surface area contributed by atoms with Gasteiger partial charge in [0.1, 0.15) is 22.8 Å². The first kappa shape index (κ1) is 25.4. The van der Waals surface area contributed by atoms with Gasteiger partial charge in [-0.3, -0.25) is 14.5 Å². The summed E-state index contributed by atoms with van der Waals surface area (Å²) < 4.78 is 1.86. The minimum Gasteiger partial charge on any atom is -0.477 e. The van der Waals surface area contributed by atoms with Crippen molar-refractivity contribution in [3.8, 4) is 0 Å². The first-order valence-corrected chi connectivity index (χ1v) is 13.3. The lowest BCUT2D eigenvalue weighted by molar-refractivity contribution is -0.689. The van der Waals surface area contributed by atoms with Gasteiger partial charge >= 0.3 is 5.97 Å². The maximum absolute atomic E-state index is 13.2.